The summed E-state index contributed by atoms with van der Waals surface area (Å²) >= 11 is 1.70. The van der Waals surface area contributed by atoms with E-state index in [9.17, 15) is 5.11 Å². The fraction of sp³-hybridized carbons (Fsp3) is 0.182. The molecule has 0 saturated carbocycles. The lowest BCUT2D eigenvalue weighted by atomic mass is 9.86. The molecule has 0 bridgehead atoms. The van der Waals surface area contributed by atoms with Crippen molar-refractivity contribution in [1.82, 2.24) is 4.98 Å². The summed E-state index contributed by atoms with van der Waals surface area (Å²) in [5.41, 5.74) is 10.6. The van der Waals surface area contributed by atoms with Crippen molar-refractivity contribution in [3.8, 4) is 38.6 Å². The minimum Gasteiger partial charge on any atom is -0.507 e. The van der Waals surface area contributed by atoms with Gasteiger partial charge in [0.15, 0.2) is 0 Å². The Balaban J connectivity index is 1.39. The number of para-hydroxylation sites is 1. The van der Waals surface area contributed by atoms with Crippen LogP contribution in [0.2, 0.25) is 0 Å². The van der Waals surface area contributed by atoms with Crippen LogP contribution in [-0.4, -0.2) is 16.3 Å². The first-order valence-corrected chi connectivity index (χ1v) is 17.4. The van der Waals surface area contributed by atoms with E-state index in [0.717, 1.165) is 44.0 Å². The van der Waals surface area contributed by atoms with Gasteiger partial charge in [-0.1, -0.05) is 120 Å². The van der Waals surface area contributed by atoms with E-state index in [4.69, 9.17) is 9.98 Å². The molecular formula is C44H40N2OS. The Labute approximate surface area is 287 Å². The lowest BCUT2D eigenvalue weighted by molar-refractivity contribution is 0.473. The second-order valence-electron chi connectivity index (χ2n) is 14.0. The van der Waals surface area contributed by atoms with Gasteiger partial charge in [0.05, 0.1) is 15.9 Å². The highest BCUT2D eigenvalue weighted by Crippen LogP contribution is 2.43. The highest BCUT2D eigenvalue weighted by molar-refractivity contribution is 7.21. The quantitative estimate of drug-likeness (QED) is 0.176. The average molecular weight is 645 g/mol. The van der Waals surface area contributed by atoms with Crippen LogP contribution in [0.5, 0.6) is 5.75 Å². The zero-order valence-electron chi connectivity index (χ0n) is 28.2. The van der Waals surface area contributed by atoms with Crippen LogP contribution in [0, 0.1) is 5.92 Å². The Morgan fingerprint density at radius 2 is 1.50 bits per heavy atom. The lowest BCUT2D eigenvalue weighted by Crippen LogP contribution is -2.11. The van der Waals surface area contributed by atoms with Crippen LogP contribution in [0.15, 0.2) is 126 Å². The molecular weight excluding hydrogens is 605 g/mol. The molecule has 48 heavy (non-hydrogen) atoms. The van der Waals surface area contributed by atoms with Crippen LogP contribution in [0.4, 0.5) is 5.69 Å². The average Bonchev–Trinajstić information content (AvgIpc) is 3.51. The van der Waals surface area contributed by atoms with Gasteiger partial charge in [-0.2, -0.15) is 0 Å². The summed E-state index contributed by atoms with van der Waals surface area (Å²) in [7, 11) is 0. The summed E-state index contributed by atoms with van der Waals surface area (Å²) in [6.07, 6.45) is 2.81. The number of benzene rings is 6. The number of hydrogen-bond acceptors (Lipinski definition) is 4. The smallest absolute Gasteiger partial charge is 0.126 e. The van der Waals surface area contributed by atoms with Crippen LogP contribution >= 0.6 is 11.3 Å². The molecule has 7 aromatic rings. The van der Waals surface area contributed by atoms with E-state index in [0.29, 0.717) is 11.5 Å². The van der Waals surface area contributed by atoms with E-state index in [2.05, 4.69) is 120 Å². The number of hydrogen-bond donors (Lipinski definition) is 1. The molecule has 6 aromatic carbocycles. The summed E-state index contributed by atoms with van der Waals surface area (Å²) in [5.74, 6) is 0.807. The maximum absolute atomic E-state index is 10.7. The lowest BCUT2D eigenvalue weighted by Gasteiger charge is -2.19. The van der Waals surface area contributed by atoms with Gasteiger partial charge in [-0.25, -0.2) is 4.98 Å². The Bertz CT molecular complexity index is 2300. The Kier molecular flexibility index (Phi) is 8.45. The van der Waals surface area contributed by atoms with Crippen LogP contribution in [-0.2, 0) is 11.8 Å². The third kappa shape index (κ3) is 6.41. The van der Waals surface area contributed by atoms with Gasteiger partial charge in [0.25, 0.3) is 0 Å². The maximum Gasteiger partial charge on any atom is 0.126 e. The van der Waals surface area contributed by atoms with Crippen LogP contribution in [0.3, 0.4) is 0 Å². The number of aromatic hydroxyl groups is 1. The molecule has 1 heterocycles. The monoisotopic (exact) mass is 644 g/mol. The van der Waals surface area contributed by atoms with Crippen molar-refractivity contribution < 1.29 is 5.11 Å². The number of phenols is 1. The van der Waals surface area contributed by atoms with Crippen molar-refractivity contribution >= 4 is 44.2 Å². The van der Waals surface area contributed by atoms with Crippen molar-refractivity contribution in [3.05, 3.63) is 138 Å². The standard InChI is InChI=1S/C44H40N2OS/c1-28(2)22-29-12-10-15-31(23-29)32-25-38(36-18-11-14-30-13-6-7-16-35(30)36)42-41(26-32)48-43(46-42)37-17-8-9-19-39(37)45-27-33-24-34(44(3,4)5)20-21-40(33)47/h6-21,23-28,47H,22H2,1-5H3. The van der Waals surface area contributed by atoms with E-state index < -0.39 is 0 Å². The second-order valence-corrected chi connectivity index (χ2v) is 15.0. The van der Waals surface area contributed by atoms with Gasteiger partial charge in [0.1, 0.15) is 10.8 Å². The predicted octanol–water partition coefficient (Wildman–Crippen LogP) is 12.4. The number of aromatic nitrogens is 1. The van der Waals surface area contributed by atoms with Crippen LogP contribution in [0.25, 0.3) is 53.8 Å². The molecule has 4 heteroatoms. The minimum absolute atomic E-state index is 0.0361. The van der Waals surface area contributed by atoms with Crippen molar-refractivity contribution in [2.45, 2.75) is 46.5 Å². The first kappa shape index (κ1) is 31.5. The third-order valence-corrected chi connectivity index (χ3v) is 9.89. The number of nitrogens with zero attached hydrogens (tertiary/aromatic N) is 2. The highest BCUT2D eigenvalue weighted by Gasteiger charge is 2.18. The largest absolute Gasteiger partial charge is 0.507 e. The Morgan fingerprint density at radius 1 is 0.750 bits per heavy atom. The molecule has 1 N–H and O–H groups in total. The van der Waals surface area contributed by atoms with Gasteiger partial charge < -0.3 is 5.11 Å². The van der Waals surface area contributed by atoms with Crippen molar-refractivity contribution in [2.75, 3.05) is 0 Å². The molecule has 0 saturated heterocycles. The number of thiazole rings is 1. The molecule has 1 aromatic heterocycles. The molecule has 0 spiro atoms. The fourth-order valence-corrected chi connectivity index (χ4v) is 7.42. The molecule has 3 nitrogen and oxygen atoms in total. The minimum atomic E-state index is -0.0361. The topological polar surface area (TPSA) is 45.5 Å². The van der Waals surface area contributed by atoms with Crippen LogP contribution < -0.4 is 0 Å². The molecule has 7 rings (SSSR count). The molecule has 0 atom stereocenters. The zero-order valence-corrected chi connectivity index (χ0v) is 29.0. The molecule has 0 aliphatic carbocycles. The normalized spacial score (nSPS) is 12.1. The fourth-order valence-electron chi connectivity index (χ4n) is 6.36. The van der Waals surface area contributed by atoms with Crippen molar-refractivity contribution in [3.63, 3.8) is 0 Å². The molecule has 0 radical (unpaired) electrons. The molecule has 0 aliphatic rings. The van der Waals surface area contributed by atoms with E-state index >= 15 is 0 Å². The summed E-state index contributed by atoms with van der Waals surface area (Å²) in [5, 5.41) is 14.0. The number of phenolic OH excluding ortho intramolecular Hbond substituents is 1. The van der Waals surface area contributed by atoms with Crippen molar-refractivity contribution in [1.29, 1.82) is 0 Å². The maximum atomic E-state index is 10.7. The van der Waals surface area contributed by atoms with Gasteiger partial charge >= 0.3 is 0 Å². The SMILES string of the molecule is CC(C)Cc1cccc(-c2cc(-c3cccc4ccccc34)c3nc(-c4ccccc4N=Cc4cc(C(C)(C)C)ccc4O)sc3c2)c1. The molecule has 238 valence electrons. The second kappa shape index (κ2) is 12.9. The first-order valence-electron chi connectivity index (χ1n) is 16.6. The van der Waals surface area contributed by atoms with E-state index in [-0.39, 0.29) is 11.2 Å². The molecule has 0 amide bonds. The van der Waals surface area contributed by atoms with E-state index in [1.807, 2.05) is 30.3 Å². The van der Waals surface area contributed by atoms with Crippen LogP contribution in [0.1, 0.15) is 51.3 Å². The summed E-state index contributed by atoms with van der Waals surface area (Å²) in [4.78, 5) is 10.2. The van der Waals surface area contributed by atoms with Gasteiger partial charge in [0.2, 0.25) is 0 Å². The number of rotatable bonds is 7. The predicted molar refractivity (Wildman–Crippen MR) is 206 cm³/mol. The van der Waals surface area contributed by atoms with E-state index in [1.54, 1.807) is 23.6 Å². The van der Waals surface area contributed by atoms with Crippen molar-refractivity contribution in [2.24, 2.45) is 10.9 Å². The highest BCUT2D eigenvalue weighted by atomic mass is 32.1. The van der Waals surface area contributed by atoms with Gasteiger partial charge in [-0.05, 0) is 92.7 Å². The van der Waals surface area contributed by atoms with Gasteiger partial charge in [0, 0.05) is 22.9 Å². The van der Waals surface area contributed by atoms with E-state index in [1.165, 1.54) is 33.0 Å². The number of fused-ring (bicyclic) bond motifs is 2. The summed E-state index contributed by atoms with van der Waals surface area (Å²) in [6, 6.07) is 42.6. The summed E-state index contributed by atoms with van der Waals surface area (Å²) in [6.45, 7) is 11.0. The Hall–Kier alpha value is -5.06. The zero-order chi connectivity index (χ0) is 33.4. The van der Waals surface area contributed by atoms with Gasteiger partial charge in [-0.3, -0.25) is 4.99 Å². The Morgan fingerprint density at radius 3 is 2.33 bits per heavy atom. The summed E-state index contributed by atoms with van der Waals surface area (Å²) < 4.78 is 1.13. The first-order chi connectivity index (χ1) is 23.1. The molecule has 0 unspecified atom stereocenters. The molecule has 0 aliphatic heterocycles. The molecule has 0 fully saturated rings. The van der Waals surface area contributed by atoms with Gasteiger partial charge in [-0.15, -0.1) is 11.3 Å². The third-order valence-electron chi connectivity index (χ3n) is 8.85. The number of aliphatic imine (C=N–C) groups is 1.